The van der Waals surface area contributed by atoms with Crippen molar-refractivity contribution in [1.29, 1.82) is 0 Å². The highest BCUT2D eigenvalue weighted by Crippen LogP contribution is 2.24. The summed E-state index contributed by atoms with van der Waals surface area (Å²) in [6, 6.07) is 5.57. The lowest BCUT2D eigenvalue weighted by Gasteiger charge is -2.22. The van der Waals surface area contributed by atoms with Gasteiger partial charge in [0.1, 0.15) is 5.82 Å². The van der Waals surface area contributed by atoms with Crippen LogP contribution in [0.5, 0.6) is 0 Å². The van der Waals surface area contributed by atoms with E-state index in [9.17, 15) is 4.39 Å². The molecule has 0 spiro atoms. The molecular weight excluding hydrogens is 283 g/mol. The van der Waals surface area contributed by atoms with Crippen LogP contribution in [-0.4, -0.2) is 12.6 Å². The molecule has 1 aliphatic carbocycles. The summed E-state index contributed by atoms with van der Waals surface area (Å²) in [4.78, 5) is 0. The summed E-state index contributed by atoms with van der Waals surface area (Å²) in [5.74, 6) is -0.194. The van der Waals surface area contributed by atoms with Crippen molar-refractivity contribution in [2.45, 2.75) is 37.8 Å². The van der Waals surface area contributed by atoms with Crippen LogP contribution < -0.4 is 11.1 Å². The predicted molar refractivity (Wildman–Crippen MR) is 71.3 cm³/mol. The van der Waals surface area contributed by atoms with E-state index in [0.717, 1.165) is 4.47 Å². The standard InChI is InChI=1S/C13H18BrFN2/c14-9-5-6-11(12(15)7-9)13(8-16)17-10-3-1-2-4-10/h5-7,10,13,17H,1-4,8,16H2. The lowest BCUT2D eigenvalue weighted by atomic mass is 10.0. The van der Waals surface area contributed by atoms with Crippen LogP contribution in [0.25, 0.3) is 0 Å². The Balaban J connectivity index is 2.10. The molecule has 94 valence electrons. The van der Waals surface area contributed by atoms with Crippen LogP contribution in [0.3, 0.4) is 0 Å². The Hall–Kier alpha value is -0.450. The van der Waals surface area contributed by atoms with Crippen LogP contribution in [0.4, 0.5) is 4.39 Å². The van der Waals surface area contributed by atoms with Gasteiger partial charge in [0, 0.05) is 28.7 Å². The van der Waals surface area contributed by atoms with Gasteiger partial charge in [0.2, 0.25) is 0 Å². The Bertz CT molecular complexity index is 378. The highest BCUT2D eigenvalue weighted by atomic mass is 79.9. The molecule has 1 atom stereocenters. The average Bonchev–Trinajstić information content (AvgIpc) is 2.79. The Morgan fingerprint density at radius 2 is 2.12 bits per heavy atom. The van der Waals surface area contributed by atoms with Crippen molar-refractivity contribution < 1.29 is 4.39 Å². The zero-order valence-electron chi connectivity index (χ0n) is 9.76. The van der Waals surface area contributed by atoms with Crippen molar-refractivity contribution in [3.63, 3.8) is 0 Å². The fraction of sp³-hybridized carbons (Fsp3) is 0.538. The number of hydrogen-bond acceptors (Lipinski definition) is 2. The normalized spacial score (nSPS) is 18.5. The van der Waals surface area contributed by atoms with Gasteiger partial charge < -0.3 is 11.1 Å². The maximum atomic E-state index is 13.8. The van der Waals surface area contributed by atoms with Gasteiger partial charge in [0.25, 0.3) is 0 Å². The molecule has 2 rings (SSSR count). The highest BCUT2D eigenvalue weighted by Gasteiger charge is 2.21. The molecule has 1 saturated carbocycles. The number of halogens is 2. The van der Waals surface area contributed by atoms with Crippen LogP contribution in [0.2, 0.25) is 0 Å². The van der Waals surface area contributed by atoms with Gasteiger partial charge in [-0.1, -0.05) is 34.8 Å². The third-order valence-corrected chi connectivity index (χ3v) is 3.86. The maximum absolute atomic E-state index is 13.8. The van der Waals surface area contributed by atoms with Crippen LogP contribution in [0.15, 0.2) is 22.7 Å². The van der Waals surface area contributed by atoms with E-state index in [2.05, 4.69) is 21.2 Å². The fourth-order valence-corrected chi connectivity index (χ4v) is 2.78. The Kier molecular flexibility index (Phi) is 4.54. The molecule has 1 unspecified atom stereocenters. The number of hydrogen-bond donors (Lipinski definition) is 2. The van der Waals surface area contributed by atoms with Crippen molar-refractivity contribution in [2.24, 2.45) is 5.73 Å². The molecule has 1 aromatic carbocycles. The number of nitrogens with two attached hydrogens (primary N) is 1. The number of benzene rings is 1. The van der Waals surface area contributed by atoms with Crippen molar-refractivity contribution in [3.05, 3.63) is 34.1 Å². The van der Waals surface area contributed by atoms with Gasteiger partial charge in [-0.15, -0.1) is 0 Å². The van der Waals surface area contributed by atoms with E-state index in [1.165, 1.54) is 31.7 Å². The number of nitrogens with one attached hydrogen (secondary N) is 1. The van der Waals surface area contributed by atoms with E-state index in [0.29, 0.717) is 18.2 Å². The van der Waals surface area contributed by atoms with E-state index in [-0.39, 0.29) is 11.9 Å². The van der Waals surface area contributed by atoms with Crippen molar-refractivity contribution in [2.75, 3.05) is 6.54 Å². The minimum Gasteiger partial charge on any atom is -0.329 e. The Morgan fingerprint density at radius 3 is 2.71 bits per heavy atom. The monoisotopic (exact) mass is 300 g/mol. The van der Waals surface area contributed by atoms with Crippen molar-refractivity contribution in [3.8, 4) is 0 Å². The minimum absolute atomic E-state index is 0.0776. The lowest BCUT2D eigenvalue weighted by molar-refractivity contribution is 0.431. The molecular formula is C13H18BrFN2. The quantitative estimate of drug-likeness (QED) is 0.896. The molecule has 0 amide bonds. The number of rotatable bonds is 4. The maximum Gasteiger partial charge on any atom is 0.129 e. The summed E-state index contributed by atoms with van der Waals surface area (Å²) in [7, 11) is 0. The van der Waals surface area contributed by atoms with Crippen molar-refractivity contribution >= 4 is 15.9 Å². The molecule has 4 heteroatoms. The first-order valence-corrected chi connectivity index (χ1v) is 6.91. The second kappa shape index (κ2) is 5.94. The molecule has 1 fully saturated rings. The first kappa shape index (κ1) is 13.0. The van der Waals surface area contributed by atoms with Gasteiger partial charge in [-0.05, 0) is 25.0 Å². The molecule has 1 aromatic rings. The third kappa shape index (κ3) is 3.27. The van der Waals surface area contributed by atoms with Crippen LogP contribution in [0, 0.1) is 5.82 Å². The smallest absolute Gasteiger partial charge is 0.129 e. The fourth-order valence-electron chi connectivity index (χ4n) is 2.45. The summed E-state index contributed by atoms with van der Waals surface area (Å²) in [5, 5.41) is 3.46. The second-order valence-corrected chi connectivity index (χ2v) is 5.52. The Labute approximate surface area is 110 Å². The average molecular weight is 301 g/mol. The summed E-state index contributed by atoms with van der Waals surface area (Å²) in [5.41, 5.74) is 6.42. The molecule has 0 aliphatic heterocycles. The summed E-state index contributed by atoms with van der Waals surface area (Å²) < 4.78 is 14.6. The summed E-state index contributed by atoms with van der Waals surface area (Å²) >= 11 is 3.26. The van der Waals surface area contributed by atoms with Gasteiger partial charge in [0.05, 0.1) is 0 Å². The molecule has 1 aliphatic rings. The molecule has 0 saturated heterocycles. The minimum atomic E-state index is -0.194. The molecule has 0 bridgehead atoms. The molecule has 2 nitrogen and oxygen atoms in total. The summed E-state index contributed by atoms with van der Waals surface area (Å²) in [6.07, 6.45) is 4.87. The zero-order valence-corrected chi connectivity index (χ0v) is 11.3. The van der Waals surface area contributed by atoms with Crippen LogP contribution in [0.1, 0.15) is 37.3 Å². The van der Waals surface area contributed by atoms with Crippen molar-refractivity contribution in [1.82, 2.24) is 5.32 Å². The van der Waals surface area contributed by atoms with Gasteiger partial charge in [0.15, 0.2) is 0 Å². The van der Waals surface area contributed by atoms with E-state index >= 15 is 0 Å². The molecule has 3 N–H and O–H groups in total. The van der Waals surface area contributed by atoms with Crippen LogP contribution >= 0.6 is 15.9 Å². The lowest BCUT2D eigenvalue weighted by Crippen LogP contribution is -2.35. The molecule has 0 radical (unpaired) electrons. The van der Waals surface area contributed by atoms with Gasteiger partial charge in [-0.2, -0.15) is 0 Å². The van der Waals surface area contributed by atoms with E-state index in [1.807, 2.05) is 6.07 Å². The van der Waals surface area contributed by atoms with E-state index < -0.39 is 0 Å². The Morgan fingerprint density at radius 1 is 1.41 bits per heavy atom. The van der Waals surface area contributed by atoms with Gasteiger partial charge in [-0.3, -0.25) is 0 Å². The molecule has 0 aromatic heterocycles. The highest BCUT2D eigenvalue weighted by molar-refractivity contribution is 9.10. The van der Waals surface area contributed by atoms with E-state index in [1.54, 1.807) is 6.07 Å². The van der Waals surface area contributed by atoms with E-state index in [4.69, 9.17) is 5.73 Å². The largest absolute Gasteiger partial charge is 0.329 e. The van der Waals surface area contributed by atoms with Gasteiger partial charge in [-0.25, -0.2) is 4.39 Å². The molecule has 0 heterocycles. The third-order valence-electron chi connectivity index (χ3n) is 3.37. The second-order valence-electron chi connectivity index (χ2n) is 4.60. The van der Waals surface area contributed by atoms with Crippen LogP contribution in [-0.2, 0) is 0 Å². The zero-order chi connectivity index (χ0) is 12.3. The van der Waals surface area contributed by atoms with Gasteiger partial charge >= 0.3 is 0 Å². The first-order valence-electron chi connectivity index (χ1n) is 6.12. The molecule has 17 heavy (non-hydrogen) atoms. The summed E-state index contributed by atoms with van der Waals surface area (Å²) in [6.45, 7) is 0.426. The first-order chi connectivity index (χ1) is 8.20. The predicted octanol–water partition coefficient (Wildman–Crippen LogP) is 3.12. The SMILES string of the molecule is NCC(NC1CCCC1)c1ccc(Br)cc1F. The topological polar surface area (TPSA) is 38.0 Å².